The van der Waals surface area contributed by atoms with E-state index in [-0.39, 0.29) is 18.1 Å². The van der Waals surface area contributed by atoms with Crippen molar-refractivity contribution in [2.75, 3.05) is 7.11 Å². The molecule has 0 spiro atoms. The van der Waals surface area contributed by atoms with Gasteiger partial charge in [0.1, 0.15) is 0 Å². The van der Waals surface area contributed by atoms with Gasteiger partial charge in [0.2, 0.25) is 5.91 Å². The second-order valence-corrected chi connectivity index (χ2v) is 4.85. The van der Waals surface area contributed by atoms with Gasteiger partial charge in [-0.25, -0.2) is 4.39 Å². The molecule has 0 aliphatic rings. The highest BCUT2D eigenvalue weighted by molar-refractivity contribution is 5.74. The average Bonchev–Trinajstić information content (AvgIpc) is 2.25. The van der Waals surface area contributed by atoms with Gasteiger partial charge in [-0.15, -0.1) is 0 Å². The van der Waals surface area contributed by atoms with Gasteiger partial charge < -0.3 is 15.8 Å². The lowest BCUT2D eigenvalue weighted by Gasteiger charge is -2.25. The molecule has 0 radical (unpaired) electrons. The van der Waals surface area contributed by atoms with Crippen LogP contribution in [-0.4, -0.2) is 18.6 Å². The van der Waals surface area contributed by atoms with E-state index in [4.69, 9.17) is 10.5 Å². The standard InChI is InChI=1S/C13H19FN2O2/c1-13(2,7-12(15)17)16-8-9-4-5-11(18-3)10(14)6-9/h4-6,16H,7-8H2,1-3H3,(H2,15,17). The number of hydrogen-bond donors (Lipinski definition) is 2. The molecular formula is C13H19FN2O2. The van der Waals surface area contributed by atoms with Crippen molar-refractivity contribution >= 4 is 5.91 Å². The number of nitrogens with one attached hydrogen (secondary N) is 1. The number of carbonyl (C=O) groups is 1. The van der Waals surface area contributed by atoms with E-state index >= 15 is 0 Å². The number of primary amides is 1. The summed E-state index contributed by atoms with van der Waals surface area (Å²) in [6, 6.07) is 4.76. The highest BCUT2D eigenvalue weighted by atomic mass is 19.1. The number of amides is 1. The highest BCUT2D eigenvalue weighted by Crippen LogP contribution is 2.18. The monoisotopic (exact) mass is 254 g/mol. The number of methoxy groups -OCH3 is 1. The van der Waals surface area contributed by atoms with Crippen LogP contribution in [0.15, 0.2) is 18.2 Å². The van der Waals surface area contributed by atoms with Crippen LogP contribution in [0, 0.1) is 5.82 Å². The molecule has 0 aliphatic heterocycles. The summed E-state index contributed by atoms with van der Waals surface area (Å²) in [5.41, 5.74) is 5.52. The summed E-state index contributed by atoms with van der Waals surface area (Å²) in [5.74, 6) is -0.548. The van der Waals surface area contributed by atoms with Gasteiger partial charge in [0.25, 0.3) is 0 Å². The first-order valence-electron chi connectivity index (χ1n) is 5.70. The fourth-order valence-corrected chi connectivity index (χ4v) is 1.66. The third-order valence-electron chi connectivity index (χ3n) is 2.60. The molecule has 0 heterocycles. The number of rotatable bonds is 6. The van der Waals surface area contributed by atoms with Crippen LogP contribution < -0.4 is 15.8 Å². The zero-order valence-corrected chi connectivity index (χ0v) is 10.9. The minimum Gasteiger partial charge on any atom is -0.494 e. The summed E-state index contributed by atoms with van der Waals surface area (Å²) in [7, 11) is 1.42. The van der Waals surface area contributed by atoms with Crippen molar-refractivity contribution in [2.45, 2.75) is 32.4 Å². The molecule has 0 unspecified atom stereocenters. The van der Waals surface area contributed by atoms with E-state index in [9.17, 15) is 9.18 Å². The first-order valence-corrected chi connectivity index (χ1v) is 5.70. The summed E-state index contributed by atoms with van der Waals surface area (Å²) in [5, 5.41) is 3.16. The van der Waals surface area contributed by atoms with Crippen molar-refractivity contribution in [3.8, 4) is 5.75 Å². The molecule has 0 saturated carbocycles. The van der Waals surface area contributed by atoms with Gasteiger partial charge in [0.15, 0.2) is 11.6 Å². The molecule has 1 aromatic rings. The van der Waals surface area contributed by atoms with E-state index < -0.39 is 11.4 Å². The van der Waals surface area contributed by atoms with E-state index in [0.29, 0.717) is 6.54 Å². The summed E-state index contributed by atoms with van der Waals surface area (Å²) >= 11 is 0. The van der Waals surface area contributed by atoms with Gasteiger partial charge in [0, 0.05) is 18.5 Å². The largest absolute Gasteiger partial charge is 0.494 e. The van der Waals surface area contributed by atoms with Gasteiger partial charge in [-0.1, -0.05) is 6.07 Å². The molecule has 100 valence electrons. The molecule has 18 heavy (non-hydrogen) atoms. The minimum atomic E-state index is -0.414. The Morgan fingerprint density at radius 1 is 1.50 bits per heavy atom. The summed E-state index contributed by atoms with van der Waals surface area (Å²) in [6.45, 7) is 4.20. The van der Waals surface area contributed by atoms with Crippen LogP contribution in [0.2, 0.25) is 0 Å². The first kappa shape index (κ1) is 14.4. The maximum absolute atomic E-state index is 13.5. The Balaban J connectivity index is 2.63. The number of carbonyl (C=O) groups excluding carboxylic acids is 1. The van der Waals surface area contributed by atoms with Crippen molar-refractivity contribution < 1.29 is 13.9 Å². The molecule has 0 bridgehead atoms. The van der Waals surface area contributed by atoms with Gasteiger partial charge >= 0.3 is 0 Å². The van der Waals surface area contributed by atoms with Crippen molar-refractivity contribution in [1.82, 2.24) is 5.32 Å². The number of hydrogen-bond acceptors (Lipinski definition) is 3. The van der Waals surface area contributed by atoms with Gasteiger partial charge in [0.05, 0.1) is 7.11 Å². The molecule has 4 nitrogen and oxygen atoms in total. The second kappa shape index (κ2) is 5.82. The number of nitrogens with two attached hydrogens (primary N) is 1. The lowest BCUT2D eigenvalue weighted by atomic mass is 10.00. The van der Waals surface area contributed by atoms with E-state index in [1.54, 1.807) is 12.1 Å². The molecule has 1 amide bonds. The summed E-state index contributed by atoms with van der Waals surface area (Å²) in [6.07, 6.45) is 0.228. The fraction of sp³-hybridized carbons (Fsp3) is 0.462. The van der Waals surface area contributed by atoms with Crippen molar-refractivity contribution in [3.63, 3.8) is 0 Å². The third-order valence-corrected chi connectivity index (χ3v) is 2.60. The molecule has 5 heteroatoms. The Kier molecular flexibility index (Phi) is 4.67. The Labute approximate surface area is 106 Å². The fourth-order valence-electron chi connectivity index (χ4n) is 1.66. The quantitative estimate of drug-likeness (QED) is 0.810. The predicted molar refractivity (Wildman–Crippen MR) is 67.7 cm³/mol. The lowest BCUT2D eigenvalue weighted by molar-refractivity contribution is -0.119. The van der Waals surface area contributed by atoms with Crippen LogP contribution in [-0.2, 0) is 11.3 Å². The molecule has 0 saturated heterocycles. The maximum Gasteiger partial charge on any atom is 0.219 e. The lowest BCUT2D eigenvalue weighted by Crippen LogP contribution is -2.42. The average molecular weight is 254 g/mol. The summed E-state index contributed by atoms with van der Waals surface area (Å²) in [4.78, 5) is 10.9. The van der Waals surface area contributed by atoms with Gasteiger partial charge in [-0.2, -0.15) is 0 Å². The van der Waals surface area contributed by atoms with E-state index in [1.165, 1.54) is 13.2 Å². The predicted octanol–water partition coefficient (Wildman–Crippen LogP) is 1.58. The first-order chi connectivity index (χ1) is 8.34. The smallest absolute Gasteiger partial charge is 0.219 e. The van der Waals surface area contributed by atoms with Crippen molar-refractivity contribution in [1.29, 1.82) is 0 Å². The van der Waals surface area contributed by atoms with Crippen molar-refractivity contribution in [3.05, 3.63) is 29.6 Å². The topological polar surface area (TPSA) is 64.3 Å². The number of ether oxygens (including phenoxy) is 1. The third kappa shape index (κ3) is 4.33. The SMILES string of the molecule is COc1ccc(CNC(C)(C)CC(N)=O)cc1F. The Hall–Kier alpha value is -1.62. The number of halogens is 1. The van der Waals surface area contributed by atoms with Crippen LogP contribution >= 0.6 is 0 Å². The molecule has 0 fully saturated rings. The van der Waals surface area contributed by atoms with Crippen LogP contribution in [0.1, 0.15) is 25.8 Å². The maximum atomic E-state index is 13.5. The Bertz CT molecular complexity index is 433. The molecule has 0 aromatic heterocycles. The second-order valence-electron chi connectivity index (χ2n) is 4.85. The zero-order valence-electron chi connectivity index (χ0n) is 10.9. The van der Waals surface area contributed by atoms with Crippen LogP contribution in [0.5, 0.6) is 5.75 Å². The van der Waals surface area contributed by atoms with E-state index in [2.05, 4.69) is 5.32 Å². The summed E-state index contributed by atoms with van der Waals surface area (Å²) < 4.78 is 18.3. The van der Waals surface area contributed by atoms with E-state index in [1.807, 2.05) is 13.8 Å². The van der Waals surface area contributed by atoms with Gasteiger partial charge in [-0.05, 0) is 31.5 Å². The van der Waals surface area contributed by atoms with E-state index in [0.717, 1.165) is 5.56 Å². The molecule has 1 rings (SSSR count). The Morgan fingerprint density at radius 2 is 2.17 bits per heavy atom. The zero-order chi connectivity index (χ0) is 13.8. The highest BCUT2D eigenvalue weighted by Gasteiger charge is 2.19. The van der Waals surface area contributed by atoms with Crippen LogP contribution in [0.25, 0.3) is 0 Å². The molecule has 0 atom stereocenters. The normalized spacial score (nSPS) is 11.3. The van der Waals surface area contributed by atoms with Crippen molar-refractivity contribution in [2.24, 2.45) is 5.73 Å². The number of benzene rings is 1. The van der Waals surface area contributed by atoms with Crippen LogP contribution in [0.3, 0.4) is 0 Å². The molecule has 1 aromatic carbocycles. The molecule has 3 N–H and O–H groups in total. The van der Waals surface area contributed by atoms with Crippen LogP contribution in [0.4, 0.5) is 4.39 Å². The minimum absolute atomic E-state index is 0.218. The molecule has 0 aliphatic carbocycles. The van der Waals surface area contributed by atoms with Gasteiger partial charge in [-0.3, -0.25) is 4.79 Å². The Morgan fingerprint density at radius 3 is 2.67 bits per heavy atom. The molecular weight excluding hydrogens is 235 g/mol.